The molecule has 4 aliphatic heterocycles. The Morgan fingerprint density at radius 2 is 0.923 bits per heavy atom. The van der Waals surface area contributed by atoms with Gasteiger partial charge in [0.05, 0.1) is 24.1 Å². The van der Waals surface area contributed by atoms with Gasteiger partial charge in [0.25, 0.3) is 11.4 Å². The van der Waals surface area contributed by atoms with Crippen LogP contribution in [0.25, 0.3) is 0 Å². The van der Waals surface area contributed by atoms with Crippen molar-refractivity contribution < 1.29 is 28.9 Å². The van der Waals surface area contributed by atoms with Crippen molar-refractivity contribution in [2.45, 2.75) is 62.2 Å². The van der Waals surface area contributed by atoms with Crippen molar-refractivity contribution in [3.63, 3.8) is 0 Å². The number of alkyl halides is 1. The highest BCUT2D eigenvalue weighted by Crippen LogP contribution is 2.18. The lowest BCUT2D eigenvalue weighted by Crippen LogP contribution is -2.50. The van der Waals surface area contributed by atoms with Gasteiger partial charge in [-0.1, -0.05) is 40.2 Å². The van der Waals surface area contributed by atoms with E-state index in [4.69, 9.17) is 4.74 Å². The van der Waals surface area contributed by atoms with Crippen molar-refractivity contribution in [3.8, 4) is 0 Å². The van der Waals surface area contributed by atoms with E-state index in [1.807, 2.05) is 0 Å². The maximum Gasteiger partial charge on any atom is 0.323 e. The number of methoxy groups -OCH3 is 2. The number of carbonyl (C=O) groups is 2. The van der Waals surface area contributed by atoms with E-state index in [2.05, 4.69) is 61.1 Å². The number of aryl methyl sites for hydroxylation is 2. The van der Waals surface area contributed by atoms with E-state index in [0.717, 1.165) is 103 Å². The SMILES string of the molecule is C1CNCCN2CCCNCCN(C1)CC2.COC(=O)C(Br)CCc1ccc([N+](=O)[O-])cc1.COC(=O)C(CCc1ccc([N+](=O)[O-])cc1)N1CCCN2CCNCCCN(CC2)CC1. The largest absolute Gasteiger partial charge is 0.468 e. The van der Waals surface area contributed by atoms with Crippen molar-refractivity contribution >= 4 is 39.2 Å². The minimum Gasteiger partial charge on any atom is -0.468 e. The first-order valence-electron chi connectivity index (χ1n) is 23.6. The maximum atomic E-state index is 12.7. The van der Waals surface area contributed by atoms with E-state index in [-0.39, 0.29) is 34.2 Å². The number of nitro benzene ring substituents is 2. The molecule has 0 amide bonds. The lowest BCUT2D eigenvalue weighted by Gasteiger charge is -2.36. The highest BCUT2D eigenvalue weighted by molar-refractivity contribution is 9.10. The second-order valence-electron chi connectivity index (χ2n) is 17.0. The van der Waals surface area contributed by atoms with E-state index < -0.39 is 9.85 Å². The number of esters is 2. The van der Waals surface area contributed by atoms with E-state index in [1.165, 1.54) is 104 Å². The van der Waals surface area contributed by atoms with Gasteiger partial charge in [-0.25, -0.2) is 0 Å². The minimum atomic E-state index is -0.439. The number of carbonyl (C=O) groups excluding carboxylic acids is 2. The molecule has 4 saturated heterocycles. The third kappa shape index (κ3) is 21.2. The third-order valence-corrected chi connectivity index (χ3v) is 13.3. The zero-order valence-electron chi connectivity index (χ0n) is 38.8. The number of nitrogens with zero attached hydrogens (tertiary/aromatic N) is 7. The Kier molecular flexibility index (Phi) is 26.0. The first-order valence-corrected chi connectivity index (χ1v) is 24.5. The first-order chi connectivity index (χ1) is 31.6. The Morgan fingerprint density at radius 1 is 0.538 bits per heavy atom. The summed E-state index contributed by atoms with van der Waals surface area (Å²) in [7, 11) is 2.79. The standard InChI is InChI=1S/C23H37N5O4.C12H26N4.C11H12BrNO4/c1-32-23(29)22(9-6-20-4-7-21(8-5-20)28(30)31)27-14-3-13-25-15-11-24-10-2-12-26(17-16-25)18-19-27;1-3-13-5-10-16-8-2-4-14-6-9-15(7-1)11-12-16;1-17-11(14)10(12)7-4-8-2-5-9(6-3-8)13(15)16/h4-5,7-8,22,24H,2-3,6,9-19H2,1H3;13-14H,1-12H2;2-3,5-6,10H,4,7H2,1H3. The zero-order valence-corrected chi connectivity index (χ0v) is 40.4. The number of nitrogens with one attached hydrogen (secondary N) is 3. The Hall–Kier alpha value is -3.66. The normalized spacial score (nSPS) is 23.6. The smallest absolute Gasteiger partial charge is 0.323 e. The van der Waals surface area contributed by atoms with Gasteiger partial charge >= 0.3 is 11.9 Å². The van der Waals surface area contributed by atoms with Crippen LogP contribution in [0.4, 0.5) is 11.4 Å². The van der Waals surface area contributed by atoms with Gasteiger partial charge in [-0.15, -0.1) is 0 Å². The summed E-state index contributed by atoms with van der Waals surface area (Å²) in [5, 5.41) is 32.0. The molecule has 3 N–H and O–H groups in total. The second-order valence-corrected chi connectivity index (χ2v) is 18.1. The van der Waals surface area contributed by atoms with Crippen molar-refractivity contribution in [2.75, 3.05) is 145 Å². The van der Waals surface area contributed by atoms with Gasteiger partial charge in [0.1, 0.15) is 10.9 Å². The molecule has 0 aliphatic carbocycles. The van der Waals surface area contributed by atoms with Gasteiger partial charge in [0.2, 0.25) is 0 Å². The molecule has 19 heteroatoms. The average molecular weight is 976 g/mol. The van der Waals surface area contributed by atoms with Crippen LogP contribution in [0.1, 0.15) is 49.7 Å². The fourth-order valence-corrected chi connectivity index (χ4v) is 8.88. The molecule has 4 bridgehead atoms. The third-order valence-electron chi connectivity index (χ3n) is 12.4. The Labute approximate surface area is 394 Å². The Balaban J connectivity index is 0.000000235. The van der Waals surface area contributed by atoms with Gasteiger partial charge in [0.15, 0.2) is 0 Å². The monoisotopic (exact) mass is 974 g/mol. The molecule has 4 fully saturated rings. The van der Waals surface area contributed by atoms with Gasteiger partial charge in [0, 0.05) is 109 Å². The summed E-state index contributed by atoms with van der Waals surface area (Å²) < 4.78 is 9.75. The molecule has 2 aromatic carbocycles. The average Bonchev–Trinajstić information content (AvgIpc) is 3.33. The highest BCUT2D eigenvalue weighted by Gasteiger charge is 2.28. The maximum absolute atomic E-state index is 12.7. The molecule has 2 aromatic rings. The zero-order chi connectivity index (χ0) is 46.7. The molecule has 0 saturated carbocycles. The number of nitro groups is 2. The second kappa shape index (κ2) is 31.3. The molecule has 0 aromatic heterocycles. The summed E-state index contributed by atoms with van der Waals surface area (Å²) in [5.74, 6) is -0.510. The fraction of sp³-hybridized carbons (Fsp3) is 0.696. The molecule has 0 spiro atoms. The van der Waals surface area contributed by atoms with Gasteiger partial charge in [-0.05, 0) is 108 Å². The molecule has 6 unspecified atom stereocenters. The minimum absolute atomic E-state index is 0.0668. The molecule has 18 nitrogen and oxygen atoms in total. The Morgan fingerprint density at radius 3 is 1.34 bits per heavy atom. The molecule has 364 valence electrons. The summed E-state index contributed by atoms with van der Waals surface area (Å²) in [6.07, 6.45) is 7.30. The topological polar surface area (TPSA) is 191 Å². The quantitative estimate of drug-likeness (QED) is 0.128. The van der Waals surface area contributed by atoms with Crippen LogP contribution in [0.3, 0.4) is 0 Å². The van der Waals surface area contributed by atoms with Gasteiger partial charge < -0.3 is 45.0 Å². The number of halogens is 1. The lowest BCUT2D eigenvalue weighted by atomic mass is 10.0. The van der Waals surface area contributed by atoms with Crippen LogP contribution < -0.4 is 16.0 Å². The number of ether oxygens (including phenoxy) is 2. The number of hydrogen-bond donors (Lipinski definition) is 3. The molecular weight excluding hydrogens is 900 g/mol. The number of rotatable bonds is 11. The number of hydrogen-bond acceptors (Lipinski definition) is 16. The van der Waals surface area contributed by atoms with Crippen molar-refractivity contribution in [1.82, 2.24) is 40.4 Å². The molecule has 4 heterocycles. The number of benzene rings is 2. The van der Waals surface area contributed by atoms with Gasteiger partial charge in [-0.3, -0.25) is 34.7 Å². The summed E-state index contributed by atoms with van der Waals surface area (Å²) in [6, 6.07) is 12.6. The van der Waals surface area contributed by atoms with Crippen LogP contribution in [0.15, 0.2) is 48.5 Å². The van der Waals surface area contributed by atoms with Crippen LogP contribution in [-0.2, 0) is 31.9 Å². The predicted octanol–water partition coefficient (Wildman–Crippen LogP) is 3.41. The summed E-state index contributed by atoms with van der Waals surface area (Å²) in [6.45, 7) is 22.2. The summed E-state index contributed by atoms with van der Waals surface area (Å²) in [4.78, 5) is 56.6. The lowest BCUT2D eigenvalue weighted by molar-refractivity contribution is -0.385. The molecule has 4 aliphatic rings. The molecule has 6 atom stereocenters. The number of non-ortho nitro benzene ring substituents is 2. The van der Waals surface area contributed by atoms with Crippen molar-refractivity contribution in [1.29, 1.82) is 0 Å². The first kappa shape index (κ1) is 54.0. The van der Waals surface area contributed by atoms with Crippen LogP contribution in [-0.4, -0.2) is 202 Å². The van der Waals surface area contributed by atoms with E-state index in [1.54, 1.807) is 24.3 Å². The van der Waals surface area contributed by atoms with Gasteiger partial charge in [-0.2, -0.15) is 0 Å². The van der Waals surface area contributed by atoms with Crippen LogP contribution in [0, 0.1) is 20.2 Å². The van der Waals surface area contributed by atoms with E-state index in [0.29, 0.717) is 25.7 Å². The van der Waals surface area contributed by atoms with E-state index in [9.17, 15) is 29.8 Å². The molecule has 0 radical (unpaired) electrons. The molecule has 65 heavy (non-hydrogen) atoms. The van der Waals surface area contributed by atoms with Crippen LogP contribution >= 0.6 is 15.9 Å². The van der Waals surface area contributed by atoms with E-state index >= 15 is 0 Å². The summed E-state index contributed by atoms with van der Waals surface area (Å²) in [5.41, 5.74) is 2.09. The highest BCUT2D eigenvalue weighted by atomic mass is 79.9. The number of fused-ring (bicyclic) bond motifs is 6. The summed E-state index contributed by atoms with van der Waals surface area (Å²) >= 11 is 3.22. The Bertz CT molecular complexity index is 1640. The van der Waals surface area contributed by atoms with Crippen LogP contribution in [0.5, 0.6) is 0 Å². The predicted molar refractivity (Wildman–Crippen MR) is 258 cm³/mol. The molecule has 6 rings (SSSR count). The van der Waals surface area contributed by atoms with Crippen LogP contribution in [0.2, 0.25) is 0 Å². The van der Waals surface area contributed by atoms with Crippen molar-refractivity contribution in [3.05, 3.63) is 79.9 Å². The molecular formula is C46H75BrN10O8. The fourth-order valence-electron chi connectivity index (χ4n) is 8.46. The van der Waals surface area contributed by atoms with Crippen molar-refractivity contribution in [2.24, 2.45) is 0 Å².